The number of ether oxygens (including phenoxy) is 1. The number of hydrogen-bond donors (Lipinski definition) is 1. The van der Waals surface area contributed by atoms with Crippen molar-refractivity contribution in [2.45, 2.75) is 40.2 Å². The molecule has 1 rings (SSSR count). The minimum Gasteiger partial charge on any atom is -0.480 e. The van der Waals surface area contributed by atoms with Gasteiger partial charge in [-0.2, -0.15) is 4.98 Å². The number of carboxylic acid groups (broad SMARTS) is 1. The van der Waals surface area contributed by atoms with Crippen LogP contribution in [0.15, 0.2) is 6.07 Å². The van der Waals surface area contributed by atoms with Crippen molar-refractivity contribution in [1.29, 1.82) is 0 Å². The number of aromatic nitrogens is 2. The Morgan fingerprint density at radius 1 is 1.47 bits per heavy atom. The zero-order valence-corrected chi connectivity index (χ0v) is 11.9. The van der Waals surface area contributed by atoms with Gasteiger partial charge in [-0.1, -0.05) is 6.92 Å². The van der Waals surface area contributed by atoms with Crippen LogP contribution in [-0.2, 0) is 4.79 Å². The fraction of sp³-hybridized carbons (Fsp3) is 0.615. The molecule has 0 saturated carbocycles. The molecule has 19 heavy (non-hydrogen) atoms. The Balaban J connectivity index is 3.01. The SMILES string of the molecule is CCCOc1cc(C)nc(N(CC(=O)O)C(C)C)n1. The van der Waals surface area contributed by atoms with E-state index < -0.39 is 5.97 Å². The van der Waals surface area contributed by atoms with Crippen LogP contribution in [-0.4, -0.2) is 40.2 Å². The van der Waals surface area contributed by atoms with Crippen molar-refractivity contribution in [3.63, 3.8) is 0 Å². The van der Waals surface area contributed by atoms with E-state index in [1.54, 1.807) is 11.0 Å². The van der Waals surface area contributed by atoms with Gasteiger partial charge in [0.1, 0.15) is 6.54 Å². The Morgan fingerprint density at radius 3 is 2.68 bits per heavy atom. The van der Waals surface area contributed by atoms with Crippen molar-refractivity contribution in [2.75, 3.05) is 18.1 Å². The molecule has 0 amide bonds. The molecule has 1 aromatic rings. The molecule has 0 radical (unpaired) electrons. The van der Waals surface area contributed by atoms with E-state index in [1.807, 2.05) is 27.7 Å². The summed E-state index contributed by atoms with van der Waals surface area (Å²) in [6, 6.07) is 1.75. The summed E-state index contributed by atoms with van der Waals surface area (Å²) in [4.78, 5) is 21.1. The average Bonchev–Trinajstić information content (AvgIpc) is 2.32. The van der Waals surface area contributed by atoms with Crippen LogP contribution >= 0.6 is 0 Å². The fourth-order valence-corrected chi connectivity index (χ4v) is 1.56. The third-order valence-electron chi connectivity index (χ3n) is 2.46. The summed E-state index contributed by atoms with van der Waals surface area (Å²) in [6.07, 6.45) is 0.890. The molecular weight excluding hydrogens is 246 g/mol. The van der Waals surface area contributed by atoms with Crippen LogP contribution < -0.4 is 9.64 Å². The number of carbonyl (C=O) groups is 1. The van der Waals surface area contributed by atoms with Gasteiger partial charge in [0.15, 0.2) is 0 Å². The highest BCUT2D eigenvalue weighted by Gasteiger charge is 2.18. The fourth-order valence-electron chi connectivity index (χ4n) is 1.56. The van der Waals surface area contributed by atoms with Gasteiger partial charge in [0.2, 0.25) is 11.8 Å². The standard InChI is InChI=1S/C13H21N3O3/c1-5-6-19-11-7-10(4)14-13(15-11)16(9(2)3)8-12(17)18/h7,9H,5-6,8H2,1-4H3,(H,17,18). The van der Waals surface area contributed by atoms with Gasteiger partial charge in [-0.25, -0.2) is 4.98 Å². The molecule has 6 heteroatoms. The summed E-state index contributed by atoms with van der Waals surface area (Å²) < 4.78 is 5.49. The van der Waals surface area contributed by atoms with Crippen LogP contribution in [0.2, 0.25) is 0 Å². The summed E-state index contributed by atoms with van der Waals surface area (Å²) in [5.74, 6) is -0.0290. The van der Waals surface area contributed by atoms with Gasteiger partial charge >= 0.3 is 5.97 Å². The first-order valence-electron chi connectivity index (χ1n) is 6.41. The summed E-state index contributed by atoms with van der Waals surface area (Å²) >= 11 is 0. The number of carboxylic acids is 1. The zero-order chi connectivity index (χ0) is 14.4. The Morgan fingerprint density at radius 2 is 2.16 bits per heavy atom. The largest absolute Gasteiger partial charge is 0.480 e. The summed E-state index contributed by atoms with van der Waals surface area (Å²) in [5, 5.41) is 8.95. The quantitative estimate of drug-likeness (QED) is 0.813. The summed E-state index contributed by atoms with van der Waals surface area (Å²) in [6.45, 7) is 8.11. The molecule has 0 atom stereocenters. The predicted molar refractivity (Wildman–Crippen MR) is 72.7 cm³/mol. The van der Waals surface area contributed by atoms with Gasteiger partial charge in [-0.05, 0) is 27.2 Å². The topological polar surface area (TPSA) is 75.5 Å². The number of nitrogens with zero attached hydrogens (tertiary/aromatic N) is 3. The molecule has 0 saturated heterocycles. The summed E-state index contributed by atoms with van der Waals surface area (Å²) in [5.41, 5.74) is 0.757. The Labute approximate surface area is 113 Å². The van der Waals surface area contributed by atoms with E-state index in [0.29, 0.717) is 18.4 Å². The minimum absolute atomic E-state index is 0.00285. The normalized spacial score (nSPS) is 10.6. The van der Waals surface area contributed by atoms with E-state index in [2.05, 4.69) is 9.97 Å². The van der Waals surface area contributed by atoms with Crippen LogP contribution in [0.3, 0.4) is 0 Å². The summed E-state index contributed by atoms with van der Waals surface area (Å²) in [7, 11) is 0. The van der Waals surface area contributed by atoms with Gasteiger partial charge < -0.3 is 14.7 Å². The second-order valence-electron chi connectivity index (χ2n) is 4.61. The lowest BCUT2D eigenvalue weighted by Crippen LogP contribution is -2.37. The molecule has 0 bridgehead atoms. The van der Waals surface area contributed by atoms with Crippen LogP contribution in [0.5, 0.6) is 5.88 Å². The number of aryl methyl sites for hydroxylation is 1. The highest BCUT2D eigenvalue weighted by Crippen LogP contribution is 2.17. The number of rotatable bonds is 7. The van der Waals surface area contributed by atoms with E-state index in [9.17, 15) is 4.79 Å². The highest BCUT2D eigenvalue weighted by atomic mass is 16.5. The molecular formula is C13H21N3O3. The van der Waals surface area contributed by atoms with Crippen molar-refractivity contribution >= 4 is 11.9 Å². The van der Waals surface area contributed by atoms with Crippen molar-refractivity contribution in [3.05, 3.63) is 11.8 Å². The lowest BCUT2D eigenvalue weighted by molar-refractivity contribution is -0.135. The number of anilines is 1. The van der Waals surface area contributed by atoms with Crippen molar-refractivity contribution in [2.24, 2.45) is 0 Å². The first-order valence-corrected chi connectivity index (χ1v) is 6.41. The smallest absolute Gasteiger partial charge is 0.323 e. The lowest BCUT2D eigenvalue weighted by Gasteiger charge is -2.25. The molecule has 0 aliphatic heterocycles. The van der Waals surface area contributed by atoms with Crippen molar-refractivity contribution in [1.82, 2.24) is 9.97 Å². The Kier molecular flexibility index (Phi) is 5.54. The molecule has 106 valence electrons. The van der Waals surface area contributed by atoms with Gasteiger partial charge in [-0.15, -0.1) is 0 Å². The van der Waals surface area contributed by atoms with Crippen molar-refractivity contribution < 1.29 is 14.6 Å². The molecule has 1 aromatic heterocycles. The maximum atomic E-state index is 10.9. The number of hydrogen-bond acceptors (Lipinski definition) is 5. The predicted octanol–water partition coefficient (Wildman–Crippen LogP) is 1.87. The molecule has 0 fully saturated rings. The average molecular weight is 267 g/mol. The second kappa shape index (κ2) is 6.92. The van der Waals surface area contributed by atoms with Crippen LogP contribution in [0, 0.1) is 6.92 Å². The van der Waals surface area contributed by atoms with E-state index >= 15 is 0 Å². The molecule has 6 nitrogen and oxygen atoms in total. The third-order valence-corrected chi connectivity index (χ3v) is 2.46. The van der Waals surface area contributed by atoms with Gasteiger partial charge in [0.25, 0.3) is 0 Å². The van der Waals surface area contributed by atoms with E-state index in [0.717, 1.165) is 12.1 Å². The molecule has 1 heterocycles. The zero-order valence-electron chi connectivity index (χ0n) is 11.9. The van der Waals surface area contributed by atoms with Crippen LogP contribution in [0.1, 0.15) is 32.9 Å². The first-order chi connectivity index (χ1) is 8.93. The Hall–Kier alpha value is -1.85. The molecule has 0 aliphatic carbocycles. The third kappa shape index (κ3) is 4.73. The van der Waals surface area contributed by atoms with E-state index in [-0.39, 0.29) is 12.6 Å². The van der Waals surface area contributed by atoms with Crippen LogP contribution in [0.4, 0.5) is 5.95 Å². The van der Waals surface area contributed by atoms with E-state index in [1.165, 1.54) is 0 Å². The second-order valence-corrected chi connectivity index (χ2v) is 4.61. The molecule has 1 N–H and O–H groups in total. The van der Waals surface area contributed by atoms with E-state index in [4.69, 9.17) is 9.84 Å². The van der Waals surface area contributed by atoms with Crippen LogP contribution in [0.25, 0.3) is 0 Å². The van der Waals surface area contributed by atoms with Gasteiger partial charge in [0, 0.05) is 17.8 Å². The van der Waals surface area contributed by atoms with Gasteiger partial charge in [0.05, 0.1) is 6.61 Å². The minimum atomic E-state index is -0.908. The highest BCUT2D eigenvalue weighted by molar-refractivity contribution is 5.72. The first kappa shape index (κ1) is 15.2. The Bertz CT molecular complexity index is 435. The molecule has 0 spiro atoms. The maximum absolute atomic E-state index is 10.9. The lowest BCUT2D eigenvalue weighted by atomic mass is 10.3. The molecule has 0 unspecified atom stereocenters. The van der Waals surface area contributed by atoms with Crippen molar-refractivity contribution in [3.8, 4) is 5.88 Å². The molecule has 0 aliphatic rings. The monoisotopic (exact) mass is 267 g/mol. The molecule has 0 aromatic carbocycles. The maximum Gasteiger partial charge on any atom is 0.323 e. The number of aliphatic carboxylic acids is 1. The van der Waals surface area contributed by atoms with Gasteiger partial charge in [-0.3, -0.25) is 4.79 Å².